The average Bonchev–Trinajstić information content (AvgIpc) is 2.63. The molecule has 1 aromatic rings. The summed E-state index contributed by atoms with van der Waals surface area (Å²) in [6, 6.07) is 7.39. The molecule has 0 aromatic heterocycles. The van der Waals surface area contributed by atoms with Crippen molar-refractivity contribution in [3.63, 3.8) is 0 Å². The van der Waals surface area contributed by atoms with Gasteiger partial charge in [-0.05, 0) is 43.9 Å². The van der Waals surface area contributed by atoms with Crippen LogP contribution in [-0.4, -0.2) is 49.6 Å². The number of nitrogens with two attached hydrogens (primary N) is 1. The lowest BCUT2D eigenvalue weighted by Crippen LogP contribution is -2.43. The maximum Gasteiger partial charge on any atom is 0.226 e. The average molecular weight is 384 g/mol. The number of nitrogens with one attached hydrogen (secondary N) is 1. The molecule has 0 atom stereocenters. The van der Waals surface area contributed by atoms with Crippen LogP contribution < -0.4 is 11.1 Å². The number of carbonyl (C=O) groups excluding carboxylic acids is 2. The van der Waals surface area contributed by atoms with Crippen molar-refractivity contribution in [2.24, 2.45) is 5.92 Å². The third kappa shape index (κ3) is 7.22. The molecule has 0 bridgehead atoms. The van der Waals surface area contributed by atoms with Crippen LogP contribution in [0.4, 0.5) is 5.69 Å². The number of anilines is 1. The fourth-order valence-corrected chi connectivity index (χ4v) is 2.99. The summed E-state index contributed by atoms with van der Waals surface area (Å²) in [5.74, 6) is 0.218. The van der Waals surface area contributed by atoms with E-state index < -0.39 is 0 Å². The largest absolute Gasteiger partial charge is 0.399 e. The fourth-order valence-electron chi connectivity index (χ4n) is 2.99. The van der Waals surface area contributed by atoms with Crippen molar-refractivity contribution in [2.75, 3.05) is 38.6 Å². The molecule has 0 unspecified atom stereocenters. The van der Waals surface area contributed by atoms with Crippen molar-refractivity contribution < 1.29 is 14.3 Å². The van der Waals surface area contributed by atoms with Gasteiger partial charge in [0.25, 0.3) is 0 Å². The van der Waals surface area contributed by atoms with Crippen molar-refractivity contribution in [2.45, 2.75) is 32.6 Å². The maximum atomic E-state index is 12.4. The first-order chi connectivity index (χ1) is 12.1. The number of halogens is 1. The summed E-state index contributed by atoms with van der Waals surface area (Å²) in [6.45, 7) is 5.28. The first kappa shape index (κ1) is 22.3. The van der Waals surface area contributed by atoms with Gasteiger partial charge in [0.15, 0.2) is 0 Å². The van der Waals surface area contributed by atoms with E-state index in [-0.39, 0.29) is 30.1 Å². The lowest BCUT2D eigenvalue weighted by atomic mass is 9.95. The highest BCUT2D eigenvalue weighted by molar-refractivity contribution is 5.85. The Hall–Kier alpha value is -1.79. The van der Waals surface area contributed by atoms with Gasteiger partial charge in [-0.25, -0.2) is 0 Å². The second-order valence-corrected chi connectivity index (χ2v) is 6.41. The number of piperidine rings is 1. The van der Waals surface area contributed by atoms with E-state index in [9.17, 15) is 9.59 Å². The molecule has 0 radical (unpaired) electrons. The number of nitrogens with zero attached hydrogens (tertiary/aromatic N) is 1. The van der Waals surface area contributed by atoms with Gasteiger partial charge < -0.3 is 20.7 Å². The van der Waals surface area contributed by atoms with E-state index in [1.807, 2.05) is 36.1 Å². The predicted octanol–water partition coefficient (Wildman–Crippen LogP) is 2.01. The third-order valence-electron chi connectivity index (χ3n) is 4.52. The summed E-state index contributed by atoms with van der Waals surface area (Å²) < 4.78 is 5.25. The van der Waals surface area contributed by atoms with Crippen LogP contribution in [0.15, 0.2) is 24.3 Å². The highest BCUT2D eigenvalue weighted by atomic mass is 35.5. The highest BCUT2D eigenvalue weighted by Gasteiger charge is 2.27. The number of benzene rings is 1. The molecule has 1 saturated heterocycles. The van der Waals surface area contributed by atoms with Gasteiger partial charge in [-0.2, -0.15) is 0 Å². The molecule has 1 aliphatic rings. The molecule has 146 valence electrons. The maximum absolute atomic E-state index is 12.4. The zero-order chi connectivity index (χ0) is 18.1. The van der Waals surface area contributed by atoms with Gasteiger partial charge in [-0.3, -0.25) is 9.59 Å². The molecule has 1 aliphatic heterocycles. The summed E-state index contributed by atoms with van der Waals surface area (Å²) >= 11 is 0. The standard InChI is InChI=1S/C19H29N3O3.ClH/c1-2-25-13-3-10-21-19(24)16-8-11-22(12-9-16)18(23)14-15-4-6-17(20)7-5-15;/h4-7,16H,2-3,8-14,20H2,1H3,(H,21,24);1H. The molecule has 6 nitrogen and oxygen atoms in total. The van der Waals surface area contributed by atoms with E-state index in [0.717, 1.165) is 24.8 Å². The molecule has 2 rings (SSSR count). The quantitative estimate of drug-likeness (QED) is 0.531. The van der Waals surface area contributed by atoms with Crippen LogP contribution in [-0.2, 0) is 20.7 Å². The Morgan fingerprint density at radius 2 is 1.88 bits per heavy atom. The van der Waals surface area contributed by atoms with Crippen molar-refractivity contribution in [1.29, 1.82) is 0 Å². The number of nitrogen functional groups attached to an aromatic ring is 1. The van der Waals surface area contributed by atoms with Gasteiger partial charge in [-0.15, -0.1) is 12.4 Å². The second kappa shape index (κ2) is 11.8. The number of rotatable bonds is 8. The Labute approximate surface area is 161 Å². The lowest BCUT2D eigenvalue weighted by molar-refractivity contribution is -0.135. The van der Waals surface area contributed by atoms with Crippen LogP contribution >= 0.6 is 12.4 Å². The summed E-state index contributed by atoms with van der Waals surface area (Å²) in [6.07, 6.45) is 2.67. The smallest absolute Gasteiger partial charge is 0.226 e. The fraction of sp³-hybridized carbons (Fsp3) is 0.579. The Morgan fingerprint density at radius 3 is 2.50 bits per heavy atom. The molecule has 1 heterocycles. The molecular formula is C19H30ClN3O3. The molecule has 0 aliphatic carbocycles. The predicted molar refractivity (Wildman–Crippen MR) is 105 cm³/mol. The van der Waals surface area contributed by atoms with E-state index in [1.54, 1.807) is 0 Å². The molecule has 0 spiro atoms. The van der Waals surface area contributed by atoms with Crippen molar-refractivity contribution >= 4 is 29.9 Å². The van der Waals surface area contributed by atoms with E-state index >= 15 is 0 Å². The van der Waals surface area contributed by atoms with Crippen molar-refractivity contribution in [1.82, 2.24) is 10.2 Å². The molecular weight excluding hydrogens is 354 g/mol. The van der Waals surface area contributed by atoms with E-state index in [2.05, 4.69) is 5.32 Å². The second-order valence-electron chi connectivity index (χ2n) is 6.41. The Morgan fingerprint density at radius 1 is 1.23 bits per heavy atom. The van der Waals surface area contributed by atoms with Crippen LogP contribution in [0.2, 0.25) is 0 Å². The molecule has 3 N–H and O–H groups in total. The molecule has 0 saturated carbocycles. The highest BCUT2D eigenvalue weighted by Crippen LogP contribution is 2.18. The molecule has 1 fully saturated rings. The molecule has 26 heavy (non-hydrogen) atoms. The van der Waals surface area contributed by atoms with Crippen LogP contribution in [0.25, 0.3) is 0 Å². The minimum atomic E-state index is 0. The topological polar surface area (TPSA) is 84.7 Å². The van der Waals surface area contributed by atoms with Gasteiger partial charge in [0.2, 0.25) is 11.8 Å². The van der Waals surface area contributed by atoms with E-state index in [0.29, 0.717) is 45.0 Å². The van der Waals surface area contributed by atoms with Crippen LogP contribution in [0.5, 0.6) is 0 Å². The van der Waals surface area contributed by atoms with Gasteiger partial charge >= 0.3 is 0 Å². The normalized spacial score (nSPS) is 14.6. The number of hydrogen-bond acceptors (Lipinski definition) is 4. The number of carbonyl (C=O) groups is 2. The molecule has 2 amide bonds. The molecule has 1 aromatic carbocycles. The van der Waals surface area contributed by atoms with Crippen molar-refractivity contribution in [3.8, 4) is 0 Å². The first-order valence-corrected chi connectivity index (χ1v) is 9.07. The zero-order valence-corrected chi connectivity index (χ0v) is 16.2. The van der Waals surface area contributed by atoms with Gasteiger partial charge in [0.05, 0.1) is 6.42 Å². The summed E-state index contributed by atoms with van der Waals surface area (Å²) in [7, 11) is 0. The Kier molecular flexibility index (Phi) is 10.1. The van der Waals surface area contributed by atoms with Crippen molar-refractivity contribution in [3.05, 3.63) is 29.8 Å². The zero-order valence-electron chi connectivity index (χ0n) is 15.4. The monoisotopic (exact) mass is 383 g/mol. The van der Waals surface area contributed by atoms with E-state index in [4.69, 9.17) is 10.5 Å². The number of amides is 2. The van der Waals surface area contributed by atoms with E-state index in [1.165, 1.54) is 0 Å². The number of hydrogen-bond donors (Lipinski definition) is 2. The minimum absolute atomic E-state index is 0. The number of ether oxygens (including phenoxy) is 1. The lowest BCUT2D eigenvalue weighted by Gasteiger charge is -2.31. The minimum Gasteiger partial charge on any atom is -0.399 e. The third-order valence-corrected chi connectivity index (χ3v) is 4.52. The van der Waals surface area contributed by atoms with Gasteiger partial charge in [-0.1, -0.05) is 12.1 Å². The summed E-state index contributed by atoms with van der Waals surface area (Å²) in [4.78, 5) is 26.4. The molecule has 7 heteroatoms. The SMILES string of the molecule is CCOCCCNC(=O)C1CCN(C(=O)Cc2ccc(N)cc2)CC1.Cl. The Bertz CT molecular complexity index is 558. The number of likely N-dealkylation sites (tertiary alicyclic amines) is 1. The Balaban J connectivity index is 0.00000338. The van der Waals surface area contributed by atoms with Gasteiger partial charge in [0, 0.05) is 44.5 Å². The van der Waals surface area contributed by atoms with Gasteiger partial charge in [0.1, 0.15) is 0 Å². The van der Waals surface area contributed by atoms with Crippen LogP contribution in [0.3, 0.4) is 0 Å². The summed E-state index contributed by atoms with van der Waals surface area (Å²) in [5, 5.41) is 2.97. The van der Waals surface area contributed by atoms with Crippen LogP contribution in [0, 0.1) is 5.92 Å². The first-order valence-electron chi connectivity index (χ1n) is 9.07. The summed E-state index contributed by atoms with van der Waals surface area (Å²) in [5.41, 5.74) is 7.33. The van der Waals surface area contributed by atoms with Crippen LogP contribution in [0.1, 0.15) is 31.7 Å².